The van der Waals surface area contributed by atoms with Gasteiger partial charge in [-0.3, -0.25) is 0 Å². The van der Waals surface area contributed by atoms with Gasteiger partial charge in [0, 0.05) is 0 Å². The Bertz CT molecular complexity index is 69.1. The molecule has 0 unspecified atom stereocenters. The maximum Gasteiger partial charge on any atom is -0.00488 e. The third-order valence-electron chi connectivity index (χ3n) is 1.44. The molecule has 0 saturated carbocycles. The molecule has 0 aromatic carbocycles. The van der Waals surface area contributed by atoms with Crippen LogP contribution in [-0.4, -0.2) is 13.1 Å². The zero-order valence-corrected chi connectivity index (χ0v) is 7.03. The standard InChI is InChI=1S/C9H19N/c1-3-5-6-7-9-10-8-4-2/h3,10H,1,4-9H2,2H3. The van der Waals surface area contributed by atoms with Gasteiger partial charge in [0.1, 0.15) is 0 Å². The van der Waals surface area contributed by atoms with Crippen LogP contribution in [0.5, 0.6) is 0 Å². The van der Waals surface area contributed by atoms with Crippen LogP contribution in [0, 0.1) is 0 Å². The fourth-order valence-electron chi connectivity index (χ4n) is 0.840. The highest BCUT2D eigenvalue weighted by atomic mass is 14.8. The molecule has 0 heterocycles. The van der Waals surface area contributed by atoms with Crippen molar-refractivity contribution in [1.82, 2.24) is 5.32 Å². The fourth-order valence-corrected chi connectivity index (χ4v) is 0.840. The van der Waals surface area contributed by atoms with Gasteiger partial charge in [-0.05, 0) is 38.8 Å². The zero-order valence-electron chi connectivity index (χ0n) is 7.03. The second-order valence-corrected chi connectivity index (χ2v) is 2.53. The average Bonchev–Trinajstić information content (AvgIpc) is 1.97. The normalized spacial score (nSPS) is 9.70. The summed E-state index contributed by atoms with van der Waals surface area (Å²) in [6, 6.07) is 0. The van der Waals surface area contributed by atoms with E-state index < -0.39 is 0 Å². The number of rotatable bonds is 7. The van der Waals surface area contributed by atoms with Crippen molar-refractivity contribution >= 4 is 0 Å². The van der Waals surface area contributed by atoms with Gasteiger partial charge < -0.3 is 5.32 Å². The first kappa shape index (κ1) is 9.70. The summed E-state index contributed by atoms with van der Waals surface area (Å²) >= 11 is 0. The summed E-state index contributed by atoms with van der Waals surface area (Å²) in [5.74, 6) is 0. The SMILES string of the molecule is C=CCCCCNCCC. The molecule has 0 rings (SSSR count). The molecule has 0 aliphatic carbocycles. The molecule has 0 aromatic rings. The Morgan fingerprint density at radius 2 is 2.10 bits per heavy atom. The van der Waals surface area contributed by atoms with Gasteiger partial charge in [-0.1, -0.05) is 13.0 Å². The molecule has 0 radical (unpaired) electrons. The number of nitrogens with one attached hydrogen (secondary N) is 1. The van der Waals surface area contributed by atoms with Crippen LogP contribution in [0.1, 0.15) is 32.6 Å². The minimum atomic E-state index is 1.16. The van der Waals surface area contributed by atoms with E-state index in [0.717, 1.165) is 13.0 Å². The van der Waals surface area contributed by atoms with Crippen molar-refractivity contribution in [3.8, 4) is 0 Å². The molecule has 0 aliphatic heterocycles. The van der Waals surface area contributed by atoms with E-state index in [1.807, 2.05) is 6.08 Å². The summed E-state index contributed by atoms with van der Waals surface area (Å²) in [6.07, 6.45) is 6.95. The molecule has 0 fully saturated rings. The van der Waals surface area contributed by atoms with Gasteiger partial charge >= 0.3 is 0 Å². The van der Waals surface area contributed by atoms with E-state index in [2.05, 4.69) is 18.8 Å². The van der Waals surface area contributed by atoms with E-state index in [0.29, 0.717) is 0 Å². The molecule has 0 spiro atoms. The third-order valence-corrected chi connectivity index (χ3v) is 1.44. The van der Waals surface area contributed by atoms with Gasteiger partial charge in [0.05, 0.1) is 0 Å². The lowest BCUT2D eigenvalue weighted by molar-refractivity contribution is 0.620. The van der Waals surface area contributed by atoms with E-state index in [-0.39, 0.29) is 0 Å². The van der Waals surface area contributed by atoms with Crippen LogP contribution >= 0.6 is 0 Å². The van der Waals surface area contributed by atoms with Crippen molar-refractivity contribution < 1.29 is 0 Å². The molecule has 1 heteroatoms. The Kier molecular flexibility index (Phi) is 8.44. The number of hydrogen-bond donors (Lipinski definition) is 1. The van der Waals surface area contributed by atoms with Gasteiger partial charge in [0.25, 0.3) is 0 Å². The van der Waals surface area contributed by atoms with E-state index in [4.69, 9.17) is 0 Å². The van der Waals surface area contributed by atoms with Gasteiger partial charge in [-0.15, -0.1) is 6.58 Å². The minimum absolute atomic E-state index is 1.16. The second kappa shape index (κ2) is 8.70. The summed E-state index contributed by atoms with van der Waals surface area (Å²) in [5.41, 5.74) is 0. The Morgan fingerprint density at radius 3 is 2.70 bits per heavy atom. The predicted octanol–water partition coefficient (Wildman–Crippen LogP) is 2.34. The lowest BCUT2D eigenvalue weighted by atomic mass is 10.2. The summed E-state index contributed by atoms with van der Waals surface area (Å²) in [6.45, 7) is 8.19. The van der Waals surface area contributed by atoms with Gasteiger partial charge in [0.2, 0.25) is 0 Å². The van der Waals surface area contributed by atoms with E-state index >= 15 is 0 Å². The minimum Gasteiger partial charge on any atom is -0.317 e. The van der Waals surface area contributed by atoms with Crippen LogP contribution < -0.4 is 5.32 Å². The zero-order chi connectivity index (χ0) is 7.66. The van der Waals surface area contributed by atoms with Crippen molar-refractivity contribution in [1.29, 1.82) is 0 Å². The molecule has 1 nitrogen and oxygen atoms in total. The summed E-state index contributed by atoms with van der Waals surface area (Å²) in [5, 5.41) is 3.36. The third kappa shape index (κ3) is 7.70. The Morgan fingerprint density at radius 1 is 1.30 bits per heavy atom. The fraction of sp³-hybridized carbons (Fsp3) is 0.778. The molecule has 60 valence electrons. The van der Waals surface area contributed by atoms with Crippen LogP contribution in [0.4, 0.5) is 0 Å². The van der Waals surface area contributed by atoms with Crippen molar-refractivity contribution in [2.75, 3.05) is 13.1 Å². The number of unbranched alkanes of at least 4 members (excludes halogenated alkanes) is 2. The molecular weight excluding hydrogens is 122 g/mol. The van der Waals surface area contributed by atoms with E-state index in [1.165, 1.54) is 25.8 Å². The van der Waals surface area contributed by atoms with Gasteiger partial charge in [-0.25, -0.2) is 0 Å². The summed E-state index contributed by atoms with van der Waals surface area (Å²) < 4.78 is 0. The molecule has 0 atom stereocenters. The first-order valence-corrected chi connectivity index (χ1v) is 4.23. The topological polar surface area (TPSA) is 12.0 Å². The molecule has 0 aromatic heterocycles. The van der Waals surface area contributed by atoms with Gasteiger partial charge in [-0.2, -0.15) is 0 Å². The van der Waals surface area contributed by atoms with Crippen molar-refractivity contribution in [3.05, 3.63) is 12.7 Å². The van der Waals surface area contributed by atoms with Gasteiger partial charge in [0.15, 0.2) is 0 Å². The Balaban J connectivity index is 2.70. The van der Waals surface area contributed by atoms with Crippen molar-refractivity contribution in [2.24, 2.45) is 0 Å². The van der Waals surface area contributed by atoms with Crippen LogP contribution in [0.3, 0.4) is 0 Å². The van der Waals surface area contributed by atoms with Crippen molar-refractivity contribution in [2.45, 2.75) is 32.6 Å². The average molecular weight is 141 g/mol. The molecule has 1 N–H and O–H groups in total. The lowest BCUT2D eigenvalue weighted by Gasteiger charge is -1.99. The number of hydrogen-bond acceptors (Lipinski definition) is 1. The van der Waals surface area contributed by atoms with Crippen molar-refractivity contribution in [3.63, 3.8) is 0 Å². The quantitative estimate of drug-likeness (QED) is 0.424. The first-order valence-electron chi connectivity index (χ1n) is 4.23. The Labute approximate surface area is 64.5 Å². The van der Waals surface area contributed by atoms with Crippen LogP contribution in [0.2, 0.25) is 0 Å². The smallest absolute Gasteiger partial charge is 0.00488 e. The van der Waals surface area contributed by atoms with E-state index in [1.54, 1.807) is 0 Å². The van der Waals surface area contributed by atoms with Crippen LogP contribution in [0.25, 0.3) is 0 Å². The highest BCUT2D eigenvalue weighted by molar-refractivity contribution is 4.65. The van der Waals surface area contributed by atoms with E-state index in [9.17, 15) is 0 Å². The first-order chi connectivity index (χ1) is 4.91. The largest absolute Gasteiger partial charge is 0.317 e. The predicted molar refractivity (Wildman–Crippen MR) is 47.2 cm³/mol. The maximum atomic E-state index is 3.67. The highest BCUT2D eigenvalue weighted by Gasteiger charge is 1.84. The lowest BCUT2D eigenvalue weighted by Crippen LogP contribution is -2.15. The summed E-state index contributed by atoms with van der Waals surface area (Å²) in [4.78, 5) is 0. The number of allylic oxidation sites excluding steroid dienone is 1. The summed E-state index contributed by atoms with van der Waals surface area (Å²) in [7, 11) is 0. The molecular formula is C9H19N. The maximum absolute atomic E-state index is 3.67. The second-order valence-electron chi connectivity index (χ2n) is 2.53. The molecule has 0 amide bonds. The molecule has 0 saturated heterocycles. The Hall–Kier alpha value is -0.300. The monoisotopic (exact) mass is 141 g/mol. The van der Waals surface area contributed by atoms with Crippen LogP contribution in [-0.2, 0) is 0 Å². The highest BCUT2D eigenvalue weighted by Crippen LogP contribution is 1.93. The molecule has 0 bridgehead atoms. The molecule has 0 aliphatic rings. The molecule has 10 heavy (non-hydrogen) atoms. The van der Waals surface area contributed by atoms with Crippen LogP contribution in [0.15, 0.2) is 12.7 Å².